The van der Waals surface area contributed by atoms with Crippen LogP contribution in [-0.4, -0.2) is 28.9 Å². The van der Waals surface area contributed by atoms with E-state index in [9.17, 15) is 4.79 Å². The number of hydrogen-bond acceptors (Lipinski definition) is 6. The van der Waals surface area contributed by atoms with Crippen LogP contribution in [0.25, 0.3) is 6.08 Å². The molecule has 2 aromatic carbocycles. The zero-order valence-corrected chi connectivity index (χ0v) is 19.5. The predicted molar refractivity (Wildman–Crippen MR) is 133 cm³/mol. The van der Waals surface area contributed by atoms with Crippen molar-refractivity contribution in [1.29, 1.82) is 0 Å². The highest BCUT2D eigenvalue weighted by Crippen LogP contribution is 2.40. The fourth-order valence-electron chi connectivity index (χ4n) is 3.67. The number of thioether (sulfide) groups is 1. The zero-order valence-electron chi connectivity index (χ0n) is 17.1. The van der Waals surface area contributed by atoms with E-state index in [0.717, 1.165) is 44.1 Å². The van der Waals surface area contributed by atoms with Crippen LogP contribution < -0.4 is 4.74 Å². The van der Waals surface area contributed by atoms with Gasteiger partial charge in [-0.05, 0) is 76.8 Å². The summed E-state index contributed by atoms with van der Waals surface area (Å²) in [7, 11) is 1.65. The number of thiophene rings is 1. The third kappa shape index (κ3) is 4.24. The van der Waals surface area contributed by atoms with E-state index in [0.29, 0.717) is 17.3 Å². The fraction of sp³-hybridized carbons (Fsp3) is 0.125. The van der Waals surface area contributed by atoms with Gasteiger partial charge in [0.1, 0.15) is 5.75 Å². The quantitative estimate of drug-likeness (QED) is 0.409. The van der Waals surface area contributed by atoms with Gasteiger partial charge in [-0.15, -0.1) is 11.3 Å². The number of carbonyl (C=O) groups excluding carboxylic acids is 1. The summed E-state index contributed by atoms with van der Waals surface area (Å²) in [5.74, 6) is 1.37. The molecule has 0 N–H and O–H groups in total. The van der Waals surface area contributed by atoms with Gasteiger partial charge in [0, 0.05) is 16.3 Å². The molecule has 1 unspecified atom stereocenters. The van der Waals surface area contributed by atoms with E-state index in [1.54, 1.807) is 18.4 Å². The van der Waals surface area contributed by atoms with Crippen LogP contribution in [0.4, 0.5) is 4.79 Å². The number of halogens is 1. The molecule has 0 saturated carbocycles. The number of amides is 1. The maximum atomic E-state index is 12.3. The largest absolute Gasteiger partial charge is 0.497 e. The Morgan fingerprint density at radius 2 is 1.91 bits per heavy atom. The second-order valence-corrected chi connectivity index (χ2v) is 9.63. The highest BCUT2D eigenvalue weighted by molar-refractivity contribution is 8.18. The number of amidine groups is 1. The molecule has 5 rings (SSSR count). The Bertz CT molecular complexity index is 1230. The first-order valence-corrected chi connectivity index (χ1v) is 12.0. The number of methoxy groups -OCH3 is 1. The lowest BCUT2D eigenvalue weighted by atomic mass is 9.98. The van der Waals surface area contributed by atoms with Gasteiger partial charge in [-0.1, -0.05) is 29.8 Å². The Balaban J connectivity index is 1.56. The third-order valence-electron chi connectivity index (χ3n) is 5.24. The molecule has 8 heteroatoms. The minimum atomic E-state index is -0.231. The summed E-state index contributed by atoms with van der Waals surface area (Å²) in [5, 5.41) is 9.27. The Labute approximate surface area is 199 Å². The molecule has 5 nitrogen and oxygen atoms in total. The van der Waals surface area contributed by atoms with Gasteiger partial charge in [-0.2, -0.15) is 10.1 Å². The minimum Gasteiger partial charge on any atom is -0.497 e. The van der Waals surface area contributed by atoms with E-state index in [1.165, 1.54) is 0 Å². The van der Waals surface area contributed by atoms with E-state index in [1.807, 2.05) is 77.1 Å². The number of aliphatic imine (C=N–C) groups is 1. The lowest BCUT2D eigenvalue weighted by Crippen LogP contribution is -2.26. The van der Waals surface area contributed by atoms with Gasteiger partial charge < -0.3 is 4.74 Å². The molecule has 2 aliphatic heterocycles. The van der Waals surface area contributed by atoms with Crippen LogP contribution >= 0.6 is 34.7 Å². The smallest absolute Gasteiger partial charge is 0.311 e. The highest BCUT2D eigenvalue weighted by Gasteiger charge is 2.36. The summed E-state index contributed by atoms with van der Waals surface area (Å²) < 4.78 is 5.28. The average Bonchev–Trinajstić information content (AvgIpc) is 3.55. The van der Waals surface area contributed by atoms with Gasteiger partial charge in [0.05, 0.1) is 23.8 Å². The molecule has 0 spiro atoms. The first-order valence-electron chi connectivity index (χ1n) is 9.93. The molecule has 1 aromatic heterocycles. The number of ether oxygens (including phenoxy) is 1. The standard InChI is InChI=1S/C24H18ClN3O2S2/c1-30-18-10-6-15(7-11-18)20-14-21(16-4-8-17(25)9-5-16)28(27-20)23-22(32-24(29)26-23)13-19-3-2-12-31-19/h2-13,21H,14H2,1H3/b22-13-. The summed E-state index contributed by atoms with van der Waals surface area (Å²) in [6.45, 7) is 0. The lowest BCUT2D eigenvalue weighted by Gasteiger charge is -2.23. The van der Waals surface area contributed by atoms with Crippen LogP contribution in [0, 0.1) is 0 Å². The fourth-order valence-corrected chi connectivity index (χ4v) is 5.27. The first-order chi connectivity index (χ1) is 15.6. The van der Waals surface area contributed by atoms with Crippen LogP contribution in [0.1, 0.15) is 28.5 Å². The summed E-state index contributed by atoms with van der Waals surface area (Å²) in [4.78, 5) is 18.5. The maximum absolute atomic E-state index is 12.3. The summed E-state index contributed by atoms with van der Waals surface area (Å²) in [5.41, 5.74) is 2.99. The van der Waals surface area contributed by atoms with Crippen LogP contribution in [0.3, 0.4) is 0 Å². The van der Waals surface area contributed by atoms with Crippen LogP contribution in [0.2, 0.25) is 5.02 Å². The lowest BCUT2D eigenvalue weighted by molar-refractivity contribution is 0.267. The number of benzene rings is 2. The number of hydrogen-bond donors (Lipinski definition) is 0. The Morgan fingerprint density at radius 3 is 2.59 bits per heavy atom. The molecule has 3 heterocycles. The first kappa shape index (κ1) is 21.0. The zero-order chi connectivity index (χ0) is 22.1. The molecule has 160 valence electrons. The Morgan fingerprint density at radius 1 is 1.12 bits per heavy atom. The van der Waals surface area contributed by atoms with E-state index in [-0.39, 0.29) is 11.3 Å². The van der Waals surface area contributed by atoms with Crippen molar-refractivity contribution < 1.29 is 9.53 Å². The summed E-state index contributed by atoms with van der Waals surface area (Å²) >= 11 is 8.88. The normalized spacial score (nSPS) is 19.4. The van der Waals surface area contributed by atoms with Crippen molar-refractivity contribution in [3.05, 3.63) is 92.0 Å². The topological polar surface area (TPSA) is 54.3 Å². The van der Waals surface area contributed by atoms with Crippen LogP contribution in [0.5, 0.6) is 5.75 Å². The highest BCUT2D eigenvalue weighted by atomic mass is 35.5. The third-order valence-corrected chi connectivity index (χ3v) is 7.09. The number of hydrazone groups is 1. The van der Waals surface area contributed by atoms with Crippen LogP contribution in [0.15, 0.2) is 81.0 Å². The number of carbonyl (C=O) groups is 1. The minimum absolute atomic E-state index is 0.0960. The van der Waals surface area contributed by atoms with Crippen molar-refractivity contribution in [3.8, 4) is 5.75 Å². The second kappa shape index (κ2) is 8.94. The monoisotopic (exact) mass is 479 g/mol. The molecule has 0 aliphatic carbocycles. The van der Waals surface area contributed by atoms with Crippen molar-refractivity contribution in [3.63, 3.8) is 0 Å². The average molecular weight is 480 g/mol. The Kier molecular flexibility index (Phi) is 5.87. The SMILES string of the molecule is COc1ccc(C2=NN(C3=NC(=O)S/C3=C\c3cccs3)C(c3ccc(Cl)cc3)C2)cc1. The summed E-state index contributed by atoms with van der Waals surface area (Å²) in [6, 6.07) is 19.5. The van der Waals surface area contributed by atoms with Gasteiger partial charge >= 0.3 is 5.24 Å². The van der Waals surface area contributed by atoms with E-state index < -0.39 is 0 Å². The summed E-state index contributed by atoms with van der Waals surface area (Å²) in [6.07, 6.45) is 2.68. The van der Waals surface area contributed by atoms with E-state index >= 15 is 0 Å². The van der Waals surface area contributed by atoms with Crippen molar-refractivity contribution >= 4 is 57.6 Å². The molecule has 0 bridgehead atoms. The molecule has 0 fully saturated rings. The maximum Gasteiger partial charge on any atom is 0.311 e. The molecule has 32 heavy (non-hydrogen) atoms. The molecular weight excluding hydrogens is 462 g/mol. The molecular formula is C24H18ClN3O2S2. The van der Waals surface area contributed by atoms with Gasteiger partial charge in [-0.3, -0.25) is 4.79 Å². The molecule has 0 radical (unpaired) electrons. The van der Waals surface area contributed by atoms with Crippen molar-refractivity contribution in [2.24, 2.45) is 10.1 Å². The molecule has 3 aromatic rings. The van der Waals surface area contributed by atoms with Crippen LogP contribution in [-0.2, 0) is 0 Å². The number of nitrogens with zero attached hydrogens (tertiary/aromatic N) is 3. The molecule has 0 saturated heterocycles. The second-order valence-electron chi connectivity index (χ2n) is 7.22. The predicted octanol–water partition coefficient (Wildman–Crippen LogP) is 6.87. The molecule has 2 aliphatic rings. The van der Waals surface area contributed by atoms with E-state index in [4.69, 9.17) is 21.4 Å². The van der Waals surface area contributed by atoms with Gasteiger partial charge in [0.2, 0.25) is 0 Å². The molecule has 1 amide bonds. The Hall–Kier alpha value is -2.87. The molecule has 1 atom stereocenters. The van der Waals surface area contributed by atoms with E-state index in [2.05, 4.69) is 4.99 Å². The van der Waals surface area contributed by atoms with Crippen molar-refractivity contribution in [2.75, 3.05) is 7.11 Å². The van der Waals surface area contributed by atoms with Gasteiger partial charge in [-0.25, -0.2) is 5.01 Å². The van der Waals surface area contributed by atoms with Gasteiger partial charge in [0.15, 0.2) is 5.84 Å². The van der Waals surface area contributed by atoms with Crippen molar-refractivity contribution in [1.82, 2.24) is 5.01 Å². The van der Waals surface area contributed by atoms with Gasteiger partial charge in [0.25, 0.3) is 0 Å². The number of rotatable bonds is 4. The van der Waals surface area contributed by atoms with Crippen molar-refractivity contribution in [2.45, 2.75) is 12.5 Å².